The lowest BCUT2D eigenvalue weighted by atomic mass is 9.75. The first kappa shape index (κ1) is 7.39. The Morgan fingerprint density at radius 3 is 2.60 bits per heavy atom. The van der Waals surface area contributed by atoms with Crippen LogP contribution >= 0.6 is 0 Å². The van der Waals surface area contributed by atoms with Crippen LogP contribution in [0.4, 0.5) is 0 Å². The fourth-order valence-corrected chi connectivity index (χ4v) is 1.44. The Labute approximate surface area is 62.8 Å². The highest BCUT2D eigenvalue weighted by Crippen LogP contribution is 2.36. The molecule has 56 valence electrons. The second-order valence-electron chi connectivity index (χ2n) is 3.15. The molecule has 1 heteroatoms. The van der Waals surface area contributed by atoms with E-state index >= 15 is 0 Å². The Morgan fingerprint density at radius 1 is 1.60 bits per heavy atom. The van der Waals surface area contributed by atoms with Crippen molar-refractivity contribution >= 4 is 0 Å². The molecule has 0 aromatic heterocycles. The molecule has 1 rings (SSSR count). The van der Waals surface area contributed by atoms with Gasteiger partial charge >= 0.3 is 0 Å². The van der Waals surface area contributed by atoms with Gasteiger partial charge in [-0.05, 0) is 30.9 Å². The van der Waals surface area contributed by atoms with Crippen molar-refractivity contribution < 1.29 is 0 Å². The summed E-state index contributed by atoms with van der Waals surface area (Å²) in [5.41, 5.74) is 1.13. The molecule has 0 spiro atoms. The molecule has 1 aliphatic rings. The van der Waals surface area contributed by atoms with Crippen LogP contribution in [0.5, 0.6) is 0 Å². The Kier molecular flexibility index (Phi) is 2.15. The molecule has 1 fully saturated rings. The minimum absolute atomic E-state index is 0.702. The molecule has 0 radical (unpaired) electrons. The molecule has 0 bridgehead atoms. The molecule has 0 aliphatic heterocycles. The van der Waals surface area contributed by atoms with Crippen LogP contribution in [0.2, 0.25) is 0 Å². The fraction of sp³-hybridized carbons (Fsp3) is 0.556. The second kappa shape index (κ2) is 2.91. The highest BCUT2D eigenvalue weighted by molar-refractivity contribution is 5.05. The van der Waals surface area contributed by atoms with E-state index in [1.165, 1.54) is 12.8 Å². The summed E-state index contributed by atoms with van der Waals surface area (Å²) in [6, 6.07) is 0. The average molecular weight is 137 g/mol. The SMILES string of the molecule is C=CNC(=C)C1CC(C)C1. The van der Waals surface area contributed by atoms with Crippen molar-refractivity contribution in [2.24, 2.45) is 11.8 Å². The summed E-state index contributed by atoms with van der Waals surface area (Å²) in [6.45, 7) is 9.78. The van der Waals surface area contributed by atoms with Crippen molar-refractivity contribution in [2.45, 2.75) is 19.8 Å². The summed E-state index contributed by atoms with van der Waals surface area (Å²) in [5, 5.41) is 3.04. The van der Waals surface area contributed by atoms with E-state index in [0.717, 1.165) is 11.6 Å². The summed E-state index contributed by atoms with van der Waals surface area (Å²) >= 11 is 0. The van der Waals surface area contributed by atoms with Gasteiger partial charge in [0.1, 0.15) is 0 Å². The molecule has 0 unspecified atom stereocenters. The van der Waals surface area contributed by atoms with E-state index in [0.29, 0.717) is 5.92 Å². The zero-order valence-corrected chi connectivity index (χ0v) is 6.56. The molecule has 0 aromatic rings. The summed E-state index contributed by atoms with van der Waals surface area (Å²) in [5.74, 6) is 1.60. The summed E-state index contributed by atoms with van der Waals surface area (Å²) in [4.78, 5) is 0. The third kappa shape index (κ3) is 1.41. The monoisotopic (exact) mass is 137 g/mol. The lowest BCUT2D eigenvalue weighted by Crippen LogP contribution is -2.27. The van der Waals surface area contributed by atoms with Crippen LogP contribution in [0.3, 0.4) is 0 Å². The zero-order chi connectivity index (χ0) is 7.56. The standard InChI is InChI=1S/C9H15N/c1-4-10-8(3)9-5-7(2)6-9/h4,7,9-10H,1,3,5-6H2,2H3. The van der Waals surface area contributed by atoms with Gasteiger partial charge in [-0.25, -0.2) is 0 Å². The van der Waals surface area contributed by atoms with Gasteiger partial charge in [0.05, 0.1) is 0 Å². The maximum absolute atomic E-state index is 3.92. The summed E-state index contributed by atoms with van der Waals surface area (Å²) in [6.07, 6.45) is 4.28. The van der Waals surface area contributed by atoms with E-state index in [9.17, 15) is 0 Å². The highest BCUT2D eigenvalue weighted by Gasteiger charge is 2.26. The van der Waals surface area contributed by atoms with Crippen LogP contribution in [-0.4, -0.2) is 0 Å². The predicted octanol–water partition coefficient (Wildman–Crippen LogP) is 2.28. The first-order valence-corrected chi connectivity index (χ1v) is 3.80. The van der Waals surface area contributed by atoms with Gasteiger partial charge in [0.15, 0.2) is 0 Å². The van der Waals surface area contributed by atoms with E-state index < -0.39 is 0 Å². The quantitative estimate of drug-likeness (QED) is 0.629. The predicted molar refractivity (Wildman–Crippen MR) is 44.4 cm³/mol. The number of hydrogen-bond acceptors (Lipinski definition) is 1. The third-order valence-corrected chi connectivity index (χ3v) is 2.15. The number of allylic oxidation sites excluding steroid dienone is 1. The molecule has 1 nitrogen and oxygen atoms in total. The number of hydrogen-bond donors (Lipinski definition) is 1. The van der Waals surface area contributed by atoms with E-state index in [4.69, 9.17) is 0 Å². The smallest absolute Gasteiger partial charge is 0.0105 e. The van der Waals surface area contributed by atoms with E-state index in [2.05, 4.69) is 25.4 Å². The van der Waals surface area contributed by atoms with Crippen molar-refractivity contribution in [2.75, 3.05) is 0 Å². The number of rotatable bonds is 3. The van der Waals surface area contributed by atoms with Crippen molar-refractivity contribution in [3.8, 4) is 0 Å². The van der Waals surface area contributed by atoms with Crippen LogP contribution in [-0.2, 0) is 0 Å². The van der Waals surface area contributed by atoms with Gasteiger partial charge < -0.3 is 5.32 Å². The lowest BCUT2D eigenvalue weighted by molar-refractivity contribution is 0.243. The Morgan fingerprint density at radius 2 is 2.20 bits per heavy atom. The fourth-order valence-electron chi connectivity index (χ4n) is 1.44. The number of nitrogens with one attached hydrogen (secondary N) is 1. The minimum Gasteiger partial charge on any atom is -0.366 e. The van der Waals surface area contributed by atoms with E-state index in [1.807, 2.05) is 0 Å². The van der Waals surface area contributed by atoms with Gasteiger partial charge in [-0.15, -0.1) is 0 Å². The highest BCUT2D eigenvalue weighted by atomic mass is 14.9. The van der Waals surface area contributed by atoms with Gasteiger partial charge in [0, 0.05) is 5.70 Å². The molecule has 0 aromatic carbocycles. The van der Waals surface area contributed by atoms with Gasteiger partial charge in [0.2, 0.25) is 0 Å². The van der Waals surface area contributed by atoms with Crippen molar-refractivity contribution in [3.05, 3.63) is 25.1 Å². The molecule has 1 saturated carbocycles. The van der Waals surface area contributed by atoms with Crippen LogP contribution in [0.15, 0.2) is 25.1 Å². The van der Waals surface area contributed by atoms with Crippen molar-refractivity contribution in [3.63, 3.8) is 0 Å². The first-order valence-electron chi connectivity index (χ1n) is 3.80. The summed E-state index contributed by atoms with van der Waals surface area (Å²) in [7, 11) is 0. The van der Waals surface area contributed by atoms with Gasteiger partial charge in [0.25, 0.3) is 0 Å². The molecular weight excluding hydrogens is 122 g/mol. The normalized spacial score (nSPS) is 30.5. The Hall–Kier alpha value is -0.720. The molecule has 0 amide bonds. The van der Waals surface area contributed by atoms with E-state index in [-0.39, 0.29) is 0 Å². The van der Waals surface area contributed by atoms with E-state index in [1.54, 1.807) is 6.20 Å². The third-order valence-electron chi connectivity index (χ3n) is 2.15. The zero-order valence-electron chi connectivity index (χ0n) is 6.56. The Bertz CT molecular complexity index is 143. The van der Waals surface area contributed by atoms with Crippen LogP contribution < -0.4 is 5.32 Å². The summed E-state index contributed by atoms with van der Waals surface area (Å²) < 4.78 is 0. The maximum Gasteiger partial charge on any atom is 0.0105 e. The van der Waals surface area contributed by atoms with Gasteiger partial charge in [-0.2, -0.15) is 0 Å². The molecule has 1 N–H and O–H groups in total. The molecule has 1 aliphatic carbocycles. The maximum atomic E-state index is 3.92. The molecule has 0 atom stereocenters. The van der Waals surface area contributed by atoms with Crippen molar-refractivity contribution in [1.29, 1.82) is 0 Å². The lowest BCUT2D eigenvalue weighted by Gasteiger charge is -2.33. The molecular formula is C9H15N. The second-order valence-corrected chi connectivity index (χ2v) is 3.15. The minimum atomic E-state index is 0.702. The van der Waals surface area contributed by atoms with Crippen LogP contribution in [0, 0.1) is 11.8 Å². The largest absolute Gasteiger partial charge is 0.366 e. The van der Waals surface area contributed by atoms with Crippen LogP contribution in [0.25, 0.3) is 0 Å². The first-order chi connectivity index (χ1) is 4.74. The average Bonchev–Trinajstić information content (AvgIpc) is 1.82. The Balaban J connectivity index is 2.24. The van der Waals surface area contributed by atoms with Gasteiger partial charge in [-0.3, -0.25) is 0 Å². The van der Waals surface area contributed by atoms with Crippen LogP contribution in [0.1, 0.15) is 19.8 Å². The van der Waals surface area contributed by atoms with Gasteiger partial charge in [-0.1, -0.05) is 20.1 Å². The topological polar surface area (TPSA) is 12.0 Å². The molecule has 10 heavy (non-hydrogen) atoms. The molecule has 0 heterocycles. The van der Waals surface area contributed by atoms with Crippen molar-refractivity contribution in [1.82, 2.24) is 5.32 Å². The molecule has 0 saturated heterocycles.